The molecule has 3 saturated heterocycles. The number of ether oxygens (including phenoxy) is 4. The van der Waals surface area contributed by atoms with Crippen LogP contribution in [0.25, 0.3) is 0 Å². The summed E-state index contributed by atoms with van der Waals surface area (Å²) >= 11 is 0. The van der Waals surface area contributed by atoms with Crippen LogP contribution in [0.3, 0.4) is 0 Å². The summed E-state index contributed by atoms with van der Waals surface area (Å²) in [6, 6.07) is 0. The first kappa shape index (κ1) is 28.5. The lowest BCUT2D eigenvalue weighted by atomic mass is 9.71. The van der Waals surface area contributed by atoms with Crippen LogP contribution in [0.2, 0.25) is 0 Å². The Balaban J connectivity index is 2.05. The molecule has 204 valence electrons. The molecule has 3 aliphatic rings. The Morgan fingerprint density at radius 3 is 2.17 bits per heavy atom. The van der Waals surface area contributed by atoms with Crippen molar-refractivity contribution in [1.82, 2.24) is 5.32 Å². The first-order valence-electron chi connectivity index (χ1n) is 11.2. The molecule has 15 heteroatoms. The number of amides is 1. The average molecular weight is 513 g/mol. The Labute approximate surface area is 200 Å². The minimum Gasteiger partial charge on any atom is -0.394 e. The third-order valence-electron chi connectivity index (χ3n) is 6.80. The summed E-state index contributed by atoms with van der Waals surface area (Å²) in [5.74, 6) is -0.831. The zero-order chi connectivity index (χ0) is 26.3. The van der Waals surface area contributed by atoms with E-state index >= 15 is 0 Å². The highest BCUT2D eigenvalue weighted by Gasteiger charge is 2.69. The van der Waals surface area contributed by atoms with Gasteiger partial charge in [0, 0.05) is 13.3 Å². The third-order valence-corrected chi connectivity index (χ3v) is 6.80. The van der Waals surface area contributed by atoms with Gasteiger partial charge in [-0.1, -0.05) is 0 Å². The molecule has 3 heterocycles. The number of aliphatic hydroxyl groups excluding tert-OH is 7. The fourth-order valence-electron chi connectivity index (χ4n) is 4.85. The number of hydrogen-bond donors (Lipinski definition) is 10. The monoisotopic (exact) mass is 513 g/mol. The van der Waals surface area contributed by atoms with Gasteiger partial charge in [0.25, 0.3) is 0 Å². The standard InChI is InChI=1S/C20H35NO14/c1-7-13(26)15(28)16(29)18(33-7)20(31)17(11(5-23)32-6-19(20,30)21-8(2)24)35-12-3-9(25)14(27)10(4-22)34-12/h7,9-18,22-23,25-31H,3-6H2,1-2H3,(H,21,24)/t7-,9-,10-,11-,12?,13+,14-,15+,16-,17-,18?,19+,20-/m1/s1. The van der Waals surface area contributed by atoms with E-state index in [9.17, 15) is 50.8 Å². The van der Waals surface area contributed by atoms with Gasteiger partial charge in [-0.05, 0) is 6.92 Å². The second-order valence-corrected chi connectivity index (χ2v) is 9.27. The van der Waals surface area contributed by atoms with Crippen LogP contribution in [0.4, 0.5) is 0 Å². The number of carbonyl (C=O) groups is 1. The summed E-state index contributed by atoms with van der Waals surface area (Å²) in [6.07, 6.45) is -17.7. The smallest absolute Gasteiger partial charge is 0.219 e. The molecule has 0 aromatic carbocycles. The Kier molecular flexibility index (Phi) is 8.76. The van der Waals surface area contributed by atoms with Crippen molar-refractivity contribution in [3.8, 4) is 0 Å². The lowest BCUT2D eigenvalue weighted by Gasteiger charge is -2.58. The molecule has 3 fully saturated rings. The molecule has 2 unspecified atom stereocenters. The van der Waals surface area contributed by atoms with E-state index in [0.717, 1.165) is 6.92 Å². The van der Waals surface area contributed by atoms with Crippen LogP contribution in [0.15, 0.2) is 0 Å². The summed E-state index contributed by atoms with van der Waals surface area (Å²) < 4.78 is 22.2. The highest BCUT2D eigenvalue weighted by molar-refractivity contribution is 5.74. The van der Waals surface area contributed by atoms with E-state index in [-0.39, 0.29) is 6.42 Å². The SMILES string of the molecule is CC(=O)N[C@]1(O)CO[C@H](CO)[C@@H](OC2C[C@@H](O)[C@@H](O)[C@@H](CO)O2)[C@@]1(O)C1O[C@H](C)[C@H](O)[C@H](O)[C@H]1O. The van der Waals surface area contributed by atoms with E-state index in [0.29, 0.717) is 0 Å². The minimum absolute atomic E-state index is 0.368. The minimum atomic E-state index is -2.85. The fourth-order valence-corrected chi connectivity index (χ4v) is 4.85. The molecular weight excluding hydrogens is 478 g/mol. The maximum Gasteiger partial charge on any atom is 0.219 e. The van der Waals surface area contributed by atoms with E-state index in [4.69, 9.17) is 18.9 Å². The van der Waals surface area contributed by atoms with Crippen LogP contribution in [0.5, 0.6) is 0 Å². The Bertz CT molecular complexity index is 745. The van der Waals surface area contributed by atoms with Crippen molar-refractivity contribution in [3.05, 3.63) is 0 Å². The lowest BCUT2D eigenvalue weighted by molar-refractivity contribution is -0.387. The van der Waals surface area contributed by atoms with Gasteiger partial charge in [0.2, 0.25) is 5.91 Å². The van der Waals surface area contributed by atoms with Crippen LogP contribution in [0, 0.1) is 0 Å². The van der Waals surface area contributed by atoms with Crippen LogP contribution in [-0.4, -0.2) is 150 Å². The second-order valence-electron chi connectivity index (χ2n) is 9.27. The largest absolute Gasteiger partial charge is 0.394 e. The summed E-state index contributed by atoms with van der Waals surface area (Å²) in [7, 11) is 0. The number of aliphatic hydroxyl groups is 9. The van der Waals surface area contributed by atoms with Crippen molar-refractivity contribution in [2.75, 3.05) is 19.8 Å². The molecule has 15 nitrogen and oxygen atoms in total. The molecule has 0 radical (unpaired) electrons. The fraction of sp³-hybridized carbons (Fsp3) is 0.950. The van der Waals surface area contributed by atoms with Gasteiger partial charge in [-0.2, -0.15) is 0 Å². The molecule has 10 N–H and O–H groups in total. The molecule has 0 aromatic rings. The third kappa shape index (κ3) is 5.06. The summed E-state index contributed by atoms with van der Waals surface area (Å²) in [5.41, 5.74) is -5.57. The zero-order valence-corrected chi connectivity index (χ0v) is 19.2. The summed E-state index contributed by atoms with van der Waals surface area (Å²) in [5, 5.41) is 96.2. The van der Waals surface area contributed by atoms with E-state index in [1.54, 1.807) is 0 Å². The van der Waals surface area contributed by atoms with Gasteiger partial charge in [-0.3, -0.25) is 4.79 Å². The van der Waals surface area contributed by atoms with Crippen molar-refractivity contribution in [3.63, 3.8) is 0 Å². The summed E-state index contributed by atoms with van der Waals surface area (Å²) in [4.78, 5) is 11.9. The summed E-state index contributed by atoms with van der Waals surface area (Å²) in [6.45, 7) is 0.0580. The van der Waals surface area contributed by atoms with E-state index < -0.39 is 104 Å². The van der Waals surface area contributed by atoms with Gasteiger partial charge in [-0.25, -0.2) is 0 Å². The van der Waals surface area contributed by atoms with Crippen LogP contribution >= 0.6 is 0 Å². The Hall–Kier alpha value is -1.05. The first-order valence-corrected chi connectivity index (χ1v) is 11.2. The molecule has 35 heavy (non-hydrogen) atoms. The van der Waals surface area contributed by atoms with Crippen LogP contribution in [-0.2, 0) is 23.7 Å². The molecule has 0 saturated carbocycles. The lowest BCUT2D eigenvalue weighted by Crippen LogP contribution is -2.84. The number of carbonyl (C=O) groups excluding carboxylic acids is 1. The molecule has 3 rings (SSSR count). The molecule has 1 amide bonds. The van der Waals surface area contributed by atoms with Crippen molar-refractivity contribution in [2.45, 2.75) is 98.9 Å². The predicted octanol–water partition coefficient (Wildman–Crippen LogP) is -5.98. The van der Waals surface area contributed by atoms with Gasteiger partial charge >= 0.3 is 0 Å². The van der Waals surface area contributed by atoms with Crippen molar-refractivity contribution >= 4 is 5.91 Å². The van der Waals surface area contributed by atoms with Gasteiger partial charge in [-0.15, -0.1) is 0 Å². The van der Waals surface area contributed by atoms with Crippen LogP contribution in [0.1, 0.15) is 20.3 Å². The van der Waals surface area contributed by atoms with Gasteiger partial charge in [0.05, 0.1) is 32.0 Å². The number of hydrogen-bond acceptors (Lipinski definition) is 14. The number of nitrogens with one attached hydrogen (secondary N) is 1. The van der Waals surface area contributed by atoms with E-state index in [2.05, 4.69) is 5.32 Å². The van der Waals surface area contributed by atoms with E-state index in [1.165, 1.54) is 6.92 Å². The molecule has 3 aliphatic heterocycles. The highest BCUT2D eigenvalue weighted by Crippen LogP contribution is 2.43. The topological polar surface area (TPSA) is 248 Å². The average Bonchev–Trinajstić information content (AvgIpc) is 2.79. The van der Waals surface area contributed by atoms with Gasteiger partial charge in [0.15, 0.2) is 17.6 Å². The normalized spacial score (nSPS) is 51.1. The van der Waals surface area contributed by atoms with Crippen LogP contribution < -0.4 is 5.32 Å². The molecule has 0 aliphatic carbocycles. The van der Waals surface area contributed by atoms with Gasteiger partial charge < -0.3 is 70.2 Å². The predicted molar refractivity (Wildman–Crippen MR) is 110 cm³/mol. The number of rotatable bonds is 6. The first-order chi connectivity index (χ1) is 16.3. The maximum atomic E-state index is 12.0. The quantitative estimate of drug-likeness (QED) is 0.149. The second kappa shape index (κ2) is 10.7. The maximum absolute atomic E-state index is 12.0. The van der Waals surface area contributed by atoms with Crippen molar-refractivity contribution in [1.29, 1.82) is 0 Å². The Morgan fingerprint density at radius 1 is 0.971 bits per heavy atom. The molecule has 13 atom stereocenters. The highest BCUT2D eigenvalue weighted by atomic mass is 16.7. The molecule has 0 spiro atoms. The van der Waals surface area contributed by atoms with Crippen molar-refractivity contribution in [2.24, 2.45) is 0 Å². The van der Waals surface area contributed by atoms with Gasteiger partial charge in [0.1, 0.15) is 48.8 Å². The molecule has 0 aromatic heterocycles. The molecule has 0 bridgehead atoms. The Morgan fingerprint density at radius 2 is 1.60 bits per heavy atom. The zero-order valence-electron chi connectivity index (χ0n) is 19.2. The van der Waals surface area contributed by atoms with E-state index in [1.807, 2.05) is 0 Å². The van der Waals surface area contributed by atoms with Crippen molar-refractivity contribution < 1.29 is 69.7 Å². The molecular formula is C20H35NO14.